The summed E-state index contributed by atoms with van der Waals surface area (Å²) in [5, 5.41) is 8.17. The quantitative estimate of drug-likeness (QED) is 0.532. The van der Waals surface area contributed by atoms with Crippen LogP contribution >= 0.6 is 11.8 Å². The third-order valence-electron chi connectivity index (χ3n) is 2.46. The second kappa shape index (κ2) is 4.86. The van der Waals surface area contributed by atoms with Gasteiger partial charge in [-0.15, -0.1) is 0 Å². The van der Waals surface area contributed by atoms with Crippen LogP contribution in [0, 0.1) is 5.41 Å². The first-order valence-electron chi connectivity index (χ1n) is 4.84. The summed E-state index contributed by atoms with van der Waals surface area (Å²) in [6.45, 7) is 6.48. The lowest BCUT2D eigenvalue weighted by molar-refractivity contribution is 0.246. The van der Waals surface area contributed by atoms with E-state index < -0.39 is 0 Å². The SMILES string of the molecule is CCC(C(=N)N)N1CCSC(C)C1. The van der Waals surface area contributed by atoms with Gasteiger partial charge in [-0.1, -0.05) is 13.8 Å². The summed E-state index contributed by atoms with van der Waals surface area (Å²) in [4.78, 5) is 2.34. The van der Waals surface area contributed by atoms with Gasteiger partial charge in [0.1, 0.15) is 5.84 Å². The van der Waals surface area contributed by atoms with Crippen LogP contribution in [0.25, 0.3) is 0 Å². The van der Waals surface area contributed by atoms with Gasteiger partial charge in [-0.2, -0.15) is 11.8 Å². The van der Waals surface area contributed by atoms with Crippen LogP contribution < -0.4 is 5.73 Å². The minimum absolute atomic E-state index is 0.170. The summed E-state index contributed by atoms with van der Waals surface area (Å²) >= 11 is 2.01. The van der Waals surface area contributed by atoms with Gasteiger partial charge in [0.15, 0.2) is 0 Å². The lowest BCUT2D eigenvalue weighted by Crippen LogP contribution is -2.49. The molecule has 0 aliphatic carbocycles. The van der Waals surface area contributed by atoms with Crippen LogP contribution in [0.2, 0.25) is 0 Å². The van der Waals surface area contributed by atoms with E-state index in [9.17, 15) is 0 Å². The van der Waals surface area contributed by atoms with Gasteiger partial charge in [-0.3, -0.25) is 10.3 Å². The van der Waals surface area contributed by atoms with Gasteiger partial charge in [0.25, 0.3) is 0 Å². The molecular formula is C9H19N3S. The Bertz CT molecular complexity index is 184. The Labute approximate surface area is 84.6 Å². The molecule has 13 heavy (non-hydrogen) atoms. The fraction of sp³-hybridized carbons (Fsp3) is 0.889. The smallest absolute Gasteiger partial charge is 0.108 e. The average Bonchev–Trinajstić information content (AvgIpc) is 2.04. The van der Waals surface area contributed by atoms with Crippen molar-refractivity contribution < 1.29 is 0 Å². The molecule has 3 N–H and O–H groups in total. The van der Waals surface area contributed by atoms with Crippen LogP contribution in [-0.4, -0.2) is 40.9 Å². The van der Waals surface area contributed by atoms with Gasteiger partial charge in [-0.25, -0.2) is 0 Å². The van der Waals surface area contributed by atoms with Crippen LogP contribution in [-0.2, 0) is 0 Å². The highest BCUT2D eigenvalue weighted by molar-refractivity contribution is 7.99. The Morgan fingerprint density at radius 3 is 2.92 bits per heavy atom. The summed E-state index contributed by atoms with van der Waals surface area (Å²) in [6.07, 6.45) is 0.951. The van der Waals surface area contributed by atoms with Gasteiger partial charge >= 0.3 is 0 Å². The second-order valence-corrected chi connectivity index (χ2v) is 5.10. The zero-order valence-corrected chi connectivity index (χ0v) is 9.23. The first-order valence-corrected chi connectivity index (χ1v) is 5.89. The fourth-order valence-corrected chi connectivity index (χ4v) is 2.84. The third-order valence-corrected chi connectivity index (χ3v) is 3.60. The molecule has 1 heterocycles. The van der Waals surface area contributed by atoms with Gasteiger partial charge in [-0.05, 0) is 6.42 Å². The van der Waals surface area contributed by atoms with Gasteiger partial charge < -0.3 is 5.73 Å². The highest BCUT2D eigenvalue weighted by atomic mass is 32.2. The molecule has 0 aromatic rings. The minimum Gasteiger partial charge on any atom is -0.386 e. The van der Waals surface area contributed by atoms with Gasteiger partial charge in [0.2, 0.25) is 0 Å². The number of thioether (sulfide) groups is 1. The lowest BCUT2D eigenvalue weighted by atomic mass is 10.1. The molecule has 0 saturated carbocycles. The van der Waals surface area contributed by atoms with E-state index in [1.54, 1.807) is 0 Å². The summed E-state index contributed by atoms with van der Waals surface area (Å²) < 4.78 is 0. The van der Waals surface area contributed by atoms with Crippen molar-refractivity contribution >= 4 is 17.6 Å². The van der Waals surface area contributed by atoms with E-state index in [0.29, 0.717) is 11.1 Å². The van der Waals surface area contributed by atoms with Gasteiger partial charge in [0.05, 0.1) is 6.04 Å². The molecule has 1 fully saturated rings. The Balaban J connectivity index is 2.52. The maximum Gasteiger partial charge on any atom is 0.108 e. The molecule has 0 spiro atoms. The second-order valence-electron chi connectivity index (χ2n) is 3.56. The zero-order chi connectivity index (χ0) is 9.84. The average molecular weight is 201 g/mol. The molecule has 0 aromatic carbocycles. The molecule has 1 saturated heterocycles. The summed E-state index contributed by atoms with van der Waals surface area (Å²) in [5.41, 5.74) is 5.56. The van der Waals surface area contributed by atoms with Crippen molar-refractivity contribution in [3.05, 3.63) is 0 Å². The number of hydrogen-bond acceptors (Lipinski definition) is 3. The summed E-state index contributed by atoms with van der Waals surface area (Å²) in [7, 11) is 0. The lowest BCUT2D eigenvalue weighted by Gasteiger charge is -2.35. The fourth-order valence-electron chi connectivity index (χ4n) is 1.80. The van der Waals surface area contributed by atoms with Crippen LogP contribution in [0.15, 0.2) is 0 Å². The first-order chi connectivity index (χ1) is 6.15. The molecule has 3 nitrogen and oxygen atoms in total. The van der Waals surface area contributed by atoms with Gasteiger partial charge in [0, 0.05) is 24.1 Å². The van der Waals surface area contributed by atoms with Crippen molar-refractivity contribution in [2.24, 2.45) is 5.73 Å². The largest absolute Gasteiger partial charge is 0.386 e. The molecular weight excluding hydrogens is 182 g/mol. The highest BCUT2D eigenvalue weighted by Crippen LogP contribution is 2.20. The van der Waals surface area contributed by atoms with Crippen molar-refractivity contribution in [1.82, 2.24) is 4.90 Å². The number of amidine groups is 1. The minimum atomic E-state index is 0.170. The van der Waals surface area contributed by atoms with Crippen molar-refractivity contribution in [1.29, 1.82) is 5.41 Å². The van der Waals surface area contributed by atoms with E-state index in [-0.39, 0.29) is 6.04 Å². The number of nitrogens with zero attached hydrogens (tertiary/aromatic N) is 1. The molecule has 2 unspecified atom stereocenters. The Kier molecular flexibility index (Phi) is 4.06. The topological polar surface area (TPSA) is 53.1 Å². The molecule has 2 atom stereocenters. The molecule has 0 aromatic heterocycles. The van der Waals surface area contributed by atoms with Crippen molar-refractivity contribution in [3.63, 3.8) is 0 Å². The van der Waals surface area contributed by atoms with Crippen molar-refractivity contribution in [2.45, 2.75) is 31.6 Å². The normalized spacial score (nSPS) is 27.1. The molecule has 76 valence electrons. The first kappa shape index (κ1) is 10.9. The van der Waals surface area contributed by atoms with E-state index >= 15 is 0 Å². The zero-order valence-electron chi connectivity index (χ0n) is 8.42. The predicted octanol–water partition coefficient (Wildman–Crippen LogP) is 1.14. The number of hydrogen-bond donors (Lipinski definition) is 2. The van der Waals surface area contributed by atoms with Crippen LogP contribution in [0.5, 0.6) is 0 Å². The van der Waals surface area contributed by atoms with E-state index in [4.69, 9.17) is 11.1 Å². The van der Waals surface area contributed by atoms with Crippen LogP contribution in [0.3, 0.4) is 0 Å². The molecule has 0 amide bonds. The van der Waals surface area contributed by atoms with Crippen LogP contribution in [0.1, 0.15) is 20.3 Å². The maximum absolute atomic E-state index is 7.48. The number of nitrogens with one attached hydrogen (secondary N) is 1. The van der Waals surface area contributed by atoms with E-state index in [0.717, 1.165) is 19.5 Å². The van der Waals surface area contributed by atoms with E-state index in [1.165, 1.54) is 5.75 Å². The monoisotopic (exact) mass is 201 g/mol. The van der Waals surface area contributed by atoms with Crippen molar-refractivity contribution in [2.75, 3.05) is 18.8 Å². The summed E-state index contributed by atoms with van der Waals surface area (Å²) in [6, 6.07) is 0.170. The maximum atomic E-state index is 7.48. The Hall–Kier alpha value is -0.220. The Morgan fingerprint density at radius 1 is 1.77 bits per heavy atom. The third kappa shape index (κ3) is 2.88. The molecule has 4 heteroatoms. The standard InChI is InChI=1S/C9H19N3S/c1-3-8(9(10)11)12-4-5-13-7(2)6-12/h7-8H,3-6H2,1-2H3,(H3,10,11). The van der Waals surface area contributed by atoms with Crippen molar-refractivity contribution in [3.8, 4) is 0 Å². The molecule has 1 aliphatic heterocycles. The molecule has 0 radical (unpaired) electrons. The predicted molar refractivity (Wildman–Crippen MR) is 59.5 cm³/mol. The number of rotatable bonds is 3. The Morgan fingerprint density at radius 2 is 2.46 bits per heavy atom. The molecule has 1 rings (SSSR count). The molecule has 1 aliphatic rings. The highest BCUT2D eigenvalue weighted by Gasteiger charge is 2.24. The van der Waals surface area contributed by atoms with E-state index in [2.05, 4.69) is 18.7 Å². The van der Waals surface area contributed by atoms with E-state index in [1.807, 2.05) is 11.8 Å². The molecule has 0 bridgehead atoms. The summed E-state index contributed by atoms with van der Waals surface area (Å²) in [5.74, 6) is 1.49. The number of nitrogens with two attached hydrogens (primary N) is 1. The van der Waals surface area contributed by atoms with Crippen LogP contribution in [0.4, 0.5) is 0 Å².